The fourth-order valence-corrected chi connectivity index (χ4v) is 2.69. The van der Waals surface area contributed by atoms with Crippen LogP contribution in [0.2, 0.25) is 0 Å². The van der Waals surface area contributed by atoms with Gasteiger partial charge in [0.25, 0.3) is 0 Å². The van der Waals surface area contributed by atoms with Gasteiger partial charge in [0.1, 0.15) is 0 Å². The lowest BCUT2D eigenvalue weighted by Crippen LogP contribution is -2.25. The van der Waals surface area contributed by atoms with Crippen LogP contribution in [0.4, 0.5) is 0 Å². The maximum atomic E-state index is 4.36. The molecule has 0 aliphatic rings. The lowest BCUT2D eigenvalue weighted by molar-refractivity contribution is 0.392. The number of aromatic nitrogens is 2. The highest BCUT2D eigenvalue weighted by Gasteiger charge is 2.18. The van der Waals surface area contributed by atoms with Crippen molar-refractivity contribution < 1.29 is 0 Å². The minimum Gasteiger partial charge on any atom is -0.310 e. The molecule has 19 heavy (non-hydrogen) atoms. The Morgan fingerprint density at radius 2 is 1.95 bits per heavy atom. The van der Waals surface area contributed by atoms with Gasteiger partial charge < -0.3 is 5.32 Å². The number of nitrogens with zero attached hydrogens (tertiary/aromatic N) is 2. The van der Waals surface area contributed by atoms with Gasteiger partial charge in [0, 0.05) is 6.04 Å². The Morgan fingerprint density at radius 3 is 2.53 bits per heavy atom. The zero-order valence-corrected chi connectivity index (χ0v) is 13.2. The molecule has 0 aliphatic heterocycles. The summed E-state index contributed by atoms with van der Waals surface area (Å²) in [4.78, 5) is 0. The highest BCUT2D eigenvalue weighted by molar-refractivity contribution is 5.25. The second-order valence-corrected chi connectivity index (χ2v) is 5.48. The van der Waals surface area contributed by atoms with Crippen LogP contribution in [0.25, 0.3) is 0 Å². The van der Waals surface area contributed by atoms with Crippen LogP contribution in [0.15, 0.2) is 6.07 Å². The third kappa shape index (κ3) is 4.90. The minimum atomic E-state index is 0.413. The summed E-state index contributed by atoms with van der Waals surface area (Å²) in [5.41, 5.74) is 3.50. The highest BCUT2D eigenvalue weighted by Crippen LogP contribution is 2.26. The molecule has 1 aromatic heterocycles. The smallest absolute Gasteiger partial charge is 0.0676 e. The third-order valence-electron chi connectivity index (χ3n) is 3.61. The molecule has 3 nitrogen and oxygen atoms in total. The molecule has 2 unspecified atom stereocenters. The van der Waals surface area contributed by atoms with E-state index in [0.717, 1.165) is 30.3 Å². The zero-order chi connectivity index (χ0) is 14.3. The number of nitrogens with one attached hydrogen (secondary N) is 1. The Labute approximate surface area is 118 Å². The monoisotopic (exact) mass is 263 g/mol. The Bertz CT molecular complexity index is 376. The van der Waals surface area contributed by atoms with Gasteiger partial charge in [0.15, 0.2) is 0 Å². The quantitative estimate of drug-likeness (QED) is 0.774. The van der Waals surface area contributed by atoms with Gasteiger partial charge in [-0.25, -0.2) is 0 Å². The molecule has 0 bridgehead atoms. The molecule has 108 valence electrons. The summed E-state index contributed by atoms with van der Waals surface area (Å²) in [6.07, 6.45) is 4.68. The van der Waals surface area contributed by atoms with E-state index in [2.05, 4.69) is 49.3 Å². The normalized spacial score (nSPS) is 14.4. The molecule has 0 spiro atoms. The molecule has 2 atom stereocenters. The molecule has 0 aromatic carbocycles. The topological polar surface area (TPSA) is 37.8 Å². The zero-order valence-electron chi connectivity index (χ0n) is 13.2. The maximum Gasteiger partial charge on any atom is 0.0676 e. The summed E-state index contributed by atoms with van der Waals surface area (Å²) in [5, 5.41) is 12.2. The van der Waals surface area contributed by atoms with Crippen LogP contribution in [0.1, 0.15) is 70.0 Å². The molecule has 0 fully saturated rings. The lowest BCUT2D eigenvalue weighted by Gasteiger charge is -2.23. The molecule has 0 amide bonds. The number of aryl methyl sites for hydroxylation is 2. The van der Waals surface area contributed by atoms with E-state index in [-0.39, 0.29) is 0 Å². The van der Waals surface area contributed by atoms with Crippen LogP contribution < -0.4 is 5.32 Å². The fraction of sp³-hybridized carbons (Fsp3) is 0.750. The van der Waals surface area contributed by atoms with E-state index in [0.29, 0.717) is 6.04 Å². The Balaban J connectivity index is 2.93. The molecule has 0 radical (unpaired) electrons. The standard InChI is InChI=1S/C16H29N3/c1-6-9-12(4)10-16(17-8-3)14-11-13(5)18-19-15(14)7-2/h11-12,16-17H,6-10H2,1-5H3. The van der Waals surface area contributed by atoms with E-state index in [1.54, 1.807) is 0 Å². The van der Waals surface area contributed by atoms with Crippen molar-refractivity contribution in [3.63, 3.8) is 0 Å². The summed E-state index contributed by atoms with van der Waals surface area (Å²) in [7, 11) is 0. The summed E-state index contributed by atoms with van der Waals surface area (Å²) < 4.78 is 0. The van der Waals surface area contributed by atoms with Gasteiger partial charge in [0.05, 0.1) is 11.4 Å². The van der Waals surface area contributed by atoms with Gasteiger partial charge in [-0.2, -0.15) is 10.2 Å². The largest absolute Gasteiger partial charge is 0.310 e. The van der Waals surface area contributed by atoms with Crippen molar-refractivity contribution in [2.24, 2.45) is 5.92 Å². The predicted molar refractivity (Wildman–Crippen MR) is 81.3 cm³/mol. The first kappa shape index (κ1) is 16.1. The first-order chi connectivity index (χ1) is 9.12. The Morgan fingerprint density at radius 1 is 1.21 bits per heavy atom. The molecule has 0 saturated carbocycles. The summed E-state index contributed by atoms with van der Waals surface area (Å²) >= 11 is 0. The Hall–Kier alpha value is -0.960. The number of hydrogen-bond acceptors (Lipinski definition) is 3. The molecule has 1 aromatic rings. The first-order valence-electron chi connectivity index (χ1n) is 7.68. The molecule has 1 rings (SSSR count). The van der Waals surface area contributed by atoms with Crippen LogP contribution in [0.3, 0.4) is 0 Å². The van der Waals surface area contributed by atoms with Crippen molar-refractivity contribution in [1.82, 2.24) is 15.5 Å². The van der Waals surface area contributed by atoms with Crippen molar-refractivity contribution in [2.45, 2.75) is 66.3 Å². The fourth-order valence-electron chi connectivity index (χ4n) is 2.69. The van der Waals surface area contributed by atoms with Gasteiger partial charge in [-0.1, -0.05) is 40.5 Å². The SMILES string of the molecule is CCCC(C)CC(NCC)c1cc(C)nnc1CC. The number of rotatable bonds is 8. The van der Waals surface area contributed by atoms with Crippen LogP contribution in [-0.4, -0.2) is 16.7 Å². The van der Waals surface area contributed by atoms with E-state index in [9.17, 15) is 0 Å². The summed E-state index contributed by atoms with van der Waals surface area (Å²) in [5.74, 6) is 0.743. The van der Waals surface area contributed by atoms with Crippen molar-refractivity contribution in [1.29, 1.82) is 0 Å². The maximum absolute atomic E-state index is 4.36. The molecule has 1 heterocycles. The summed E-state index contributed by atoms with van der Waals surface area (Å²) in [6, 6.07) is 2.62. The van der Waals surface area contributed by atoms with Crippen LogP contribution in [0, 0.1) is 12.8 Å². The first-order valence-corrected chi connectivity index (χ1v) is 7.68. The van der Waals surface area contributed by atoms with Crippen LogP contribution >= 0.6 is 0 Å². The van der Waals surface area contributed by atoms with Crippen molar-refractivity contribution >= 4 is 0 Å². The van der Waals surface area contributed by atoms with Crippen molar-refractivity contribution in [3.8, 4) is 0 Å². The number of hydrogen-bond donors (Lipinski definition) is 1. The van der Waals surface area contributed by atoms with E-state index in [4.69, 9.17) is 0 Å². The van der Waals surface area contributed by atoms with Gasteiger partial charge >= 0.3 is 0 Å². The van der Waals surface area contributed by atoms with Gasteiger partial charge in [-0.05, 0) is 43.9 Å². The van der Waals surface area contributed by atoms with Crippen molar-refractivity contribution in [3.05, 3.63) is 23.0 Å². The van der Waals surface area contributed by atoms with E-state index >= 15 is 0 Å². The highest BCUT2D eigenvalue weighted by atomic mass is 15.1. The predicted octanol–water partition coefficient (Wildman–Crippen LogP) is 3.82. The van der Waals surface area contributed by atoms with Crippen LogP contribution in [-0.2, 0) is 6.42 Å². The molecule has 0 aliphatic carbocycles. The van der Waals surface area contributed by atoms with E-state index < -0.39 is 0 Å². The average molecular weight is 263 g/mol. The minimum absolute atomic E-state index is 0.413. The molecular formula is C16H29N3. The van der Waals surface area contributed by atoms with Gasteiger partial charge in [-0.15, -0.1) is 0 Å². The average Bonchev–Trinajstić information content (AvgIpc) is 2.38. The molecule has 3 heteroatoms. The van der Waals surface area contributed by atoms with Crippen LogP contribution in [0.5, 0.6) is 0 Å². The molecule has 1 N–H and O–H groups in total. The van der Waals surface area contributed by atoms with E-state index in [1.807, 2.05) is 6.92 Å². The third-order valence-corrected chi connectivity index (χ3v) is 3.61. The van der Waals surface area contributed by atoms with Gasteiger partial charge in [0.2, 0.25) is 0 Å². The second-order valence-electron chi connectivity index (χ2n) is 5.48. The lowest BCUT2D eigenvalue weighted by atomic mass is 9.91. The van der Waals surface area contributed by atoms with Gasteiger partial charge in [-0.3, -0.25) is 0 Å². The summed E-state index contributed by atoms with van der Waals surface area (Å²) in [6.45, 7) is 11.9. The second kappa shape index (κ2) is 8.26. The molecular weight excluding hydrogens is 234 g/mol. The molecule has 0 saturated heterocycles. The van der Waals surface area contributed by atoms with E-state index in [1.165, 1.54) is 24.8 Å². The van der Waals surface area contributed by atoms with Crippen molar-refractivity contribution in [2.75, 3.05) is 6.54 Å². The Kier molecular flexibility index (Phi) is 7.00.